The first-order valence-electron chi connectivity index (χ1n) is 27.5. The van der Waals surface area contributed by atoms with Crippen LogP contribution in [-0.2, 0) is 78.3 Å². The van der Waals surface area contributed by atoms with Crippen LogP contribution < -0.4 is 5.73 Å². The molecule has 0 spiro atoms. The molecule has 2 aromatic carbocycles. The largest absolute Gasteiger partial charge is 0.460 e. The standard InChI is InChI=1S/C56H91N5O16S/c1-7-14-60(15-8-2)55(64)50-37-48-11-9-46(38-51(48)58-53(57)40-50)47-10-12-49(52(39-47)78(65,66)61-41-45(42-61)44-62)43-59(6)16-18-68-20-22-70-24-26-72-28-30-74-32-34-76-36-35-75-33-31-73-29-27-71-25-23-69-21-19-67-17-13-54(63)77-56(3,4)5/h9-12,37-39,45,62H,7-8,13-36,40-44H2,1-6H3,(H2,57,58). The fraction of sp³-hybridized carbons (Fsp3) is 0.696. The summed E-state index contributed by atoms with van der Waals surface area (Å²) in [7, 11) is -1.95. The summed E-state index contributed by atoms with van der Waals surface area (Å²) in [6, 6.07) is 11.2. The van der Waals surface area contributed by atoms with Crippen molar-refractivity contribution in [2.45, 2.75) is 77.3 Å². The molecule has 2 aromatic rings. The van der Waals surface area contributed by atoms with Gasteiger partial charge in [-0.15, -0.1) is 0 Å². The molecule has 1 fully saturated rings. The van der Waals surface area contributed by atoms with Crippen molar-refractivity contribution >= 4 is 39.5 Å². The Bertz CT molecular complexity index is 2200. The Morgan fingerprint density at radius 3 is 1.58 bits per heavy atom. The third kappa shape index (κ3) is 26.1. The zero-order valence-corrected chi connectivity index (χ0v) is 48.2. The van der Waals surface area contributed by atoms with E-state index in [0.29, 0.717) is 187 Å². The second kappa shape index (κ2) is 37.9. The van der Waals surface area contributed by atoms with E-state index in [2.05, 4.69) is 18.8 Å². The van der Waals surface area contributed by atoms with Crippen LogP contribution in [0, 0.1) is 5.92 Å². The molecule has 78 heavy (non-hydrogen) atoms. The molecule has 2 heterocycles. The Labute approximate surface area is 463 Å². The molecular weight excluding hydrogens is 1030 g/mol. The van der Waals surface area contributed by atoms with E-state index in [0.717, 1.165) is 24.0 Å². The number of fused-ring (bicyclic) bond motifs is 1. The summed E-state index contributed by atoms with van der Waals surface area (Å²) in [6.45, 7) is 21.0. The van der Waals surface area contributed by atoms with Crippen molar-refractivity contribution < 1.29 is 75.2 Å². The number of amidine groups is 1. The smallest absolute Gasteiger partial charge is 0.308 e. The van der Waals surface area contributed by atoms with Gasteiger partial charge in [-0.25, -0.2) is 13.4 Å². The number of sulfonamides is 1. The number of aliphatic imine (C=N–C) groups is 1. The lowest BCUT2D eigenvalue weighted by molar-refractivity contribution is -0.156. The summed E-state index contributed by atoms with van der Waals surface area (Å²) in [5.74, 6) is -0.0675. The fourth-order valence-electron chi connectivity index (χ4n) is 8.06. The summed E-state index contributed by atoms with van der Waals surface area (Å²) >= 11 is 0. The van der Waals surface area contributed by atoms with Crippen LogP contribution in [0.2, 0.25) is 0 Å². The zero-order valence-electron chi connectivity index (χ0n) is 47.4. The highest BCUT2D eigenvalue weighted by atomic mass is 32.2. The molecule has 3 N–H and O–H groups in total. The topological polar surface area (TPSA) is 238 Å². The lowest BCUT2D eigenvalue weighted by Crippen LogP contribution is -2.51. The third-order valence-corrected chi connectivity index (χ3v) is 13.9. The number of likely N-dealkylation sites (N-methyl/N-ethyl adjacent to an activating group) is 1. The molecule has 2 aliphatic heterocycles. The summed E-state index contributed by atoms with van der Waals surface area (Å²) in [6.07, 6.45) is 4.04. The van der Waals surface area contributed by atoms with Crippen LogP contribution in [0.3, 0.4) is 0 Å². The van der Waals surface area contributed by atoms with Crippen LogP contribution in [0.5, 0.6) is 0 Å². The Balaban J connectivity index is 1.01. The second-order valence-electron chi connectivity index (χ2n) is 19.9. The molecule has 0 bridgehead atoms. The van der Waals surface area contributed by atoms with Gasteiger partial charge in [0.05, 0.1) is 149 Å². The van der Waals surface area contributed by atoms with Gasteiger partial charge in [0, 0.05) is 69.4 Å². The molecule has 1 saturated heterocycles. The van der Waals surface area contributed by atoms with Gasteiger partial charge in [-0.2, -0.15) is 4.31 Å². The molecule has 0 atom stereocenters. The SMILES string of the molecule is CCCN(CCC)C(=O)C1=Cc2ccc(-c3ccc(CN(C)CCOCCOCCOCCOCCOCCOCCOCCOCCOCCOCCC(=O)OC(C)(C)C)c(S(=O)(=O)N4CC(CO)C4)c3)cc2N=C(N)C1. The van der Waals surface area contributed by atoms with Gasteiger partial charge in [0.25, 0.3) is 0 Å². The van der Waals surface area contributed by atoms with Crippen molar-refractivity contribution in [3.05, 3.63) is 53.1 Å². The Hall–Kier alpha value is -3.98. The van der Waals surface area contributed by atoms with Gasteiger partial charge in [0.1, 0.15) is 11.4 Å². The number of ether oxygens (including phenoxy) is 11. The van der Waals surface area contributed by atoms with E-state index in [1.807, 2.05) is 74.0 Å². The third-order valence-electron chi connectivity index (χ3n) is 12.0. The number of hydrogen-bond acceptors (Lipinski definition) is 19. The van der Waals surface area contributed by atoms with Crippen LogP contribution in [-0.4, -0.2) is 229 Å². The lowest BCUT2D eigenvalue weighted by Gasteiger charge is -2.37. The molecule has 0 unspecified atom stereocenters. The van der Waals surface area contributed by atoms with Crippen LogP contribution in [0.1, 0.15) is 71.4 Å². The van der Waals surface area contributed by atoms with E-state index in [9.17, 15) is 23.1 Å². The molecule has 22 heteroatoms. The molecule has 0 radical (unpaired) electrons. The van der Waals surface area contributed by atoms with Crippen molar-refractivity contribution in [1.82, 2.24) is 14.1 Å². The summed E-state index contributed by atoms with van der Waals surface area (Å²) < 4.78 is 90.4. The van der Waals surface area contributed by atoms with E-state index in [-0.39, 0.29) is 55.2 Å². The number of aliphatic hydroxyl groups is 1. The molecule has 2 aliphatic rings. The number of carbonyl (C=O) groups is 2. The monoisotopic (exact) mass is 1120 g/mol. The van der Waals surface area contributed by atoms with E-state index in [1.54, 1.807) is 6.07 Å². The van der Waals surface area contributed by atoms with E-state index >= 15 is 0 Å². The molecule has 442 valence electrons. The first kappa shape index (κ1) is 66.5. The van der Waals surface area contributed by atoms with Crippen LogP contribution in [0.25, 0.3) is 17.2 Å². The van der Waals surface area contributed by atoms with Gasteiger partial charge < -0.3 is 67.8 Å². The first-order chi connectivity index (χ1) is 37.6. The summed E-state index contributed by atoms with van der Waals surface area (Å²) in [5.41, 5.74) is 9.97. The van der Waals surface area contributed by atoms with Gasteiger partial charge >= 0.3 is 5.97 Å². The number of esters is 1. The number of nitrogens with zero attached hydrogens (tertiary/aromatic N) is 4. The number of benzene rings is 2. The second-order valence-corrected chi connectivity index (χ2v) is 21.8. The number of rotatable bonds is 44. The molecule has 4 rings (SSSR count). The summed E-state index contributed by atoms with van der Waals surface area (Å²) in [4.78, 5) is 33.9. The maximum atomic E-state index is 14.1. The average Bonchev–Trinajstić information content (AvgIpc) is 3.61. The van der Waals surface area contributed by atoms with Gasteiger partial charge in [0.15, 0.2) is 0 Å². The van der Waals surface area contributed by atoms with Crippen molar-refractivity contribution in [2.75, 3.05) is 179 Å². The van der Waals surface area contributed by atoms with E-state index in [1.165, 1.54) is 4.31 Å². The number of hydrogen-bond donors (Lipinski definition) is 2. The van der Waals surface area contributed by atoms with Gasteiger partial charge in [-0.3, -0.25) is 14.5 Å². The fourth-order valence-corrected chi connectivity index (χ4v) is 9.90. The van der Waals surface area contributed by atoms with Crippen molar-refractivity contribution in [3.63, 3.8) is 0 Å². The quantitative estimate of drug-likeness (QED) is 0.0674. The van der Waals surface area contributed by atoms with Gasteiger partial charge in [0.2, 0.25) is 15.9 Å². The molecular formula is C56H91N5O16S. The molecule has 0 saturated carbocycles. The lowest BCUT2D eigenvalue weighted by atomic mass is 9.99. The van der Waals surface area contributed by atoms with Gasteiger partial charge in [-0.05, 0) is 75.6 Å². The highest BCUT2D eigenvalue weighted by Gasteiger charge is 2.37. The van der Waals surface area contributed by atoms with Crippen LogP contribution in [0.4, 0.5) is 5.69 Å². The van der Waals surface area contributed by atoms with Crippen molar-refractivity contribution in [3.8, 4) is 11.1 Å². The number of aliphatic hydroxyl groups excluding tert-OH is 1. The number of nitrogens with two attached hydrogens (primary N) is 1. The van der Waals surface area contributed by atoms with Gasteiger partial charge in [-0.1, -0.05) is 38.1 Å². The van der Waals surface area contributed by atoms with Crippen LogP contribution >= 0.6 is 0 Å². The maximum absolute atomic E-state index is 14.1. The minimum absolute atomic E-state index is 0.0383. The van der Waals surface area contributed by atoms with Crippen molar-refractivity contribution in [1.29, 1.82) is 0 Å². The zero-order chi connectivity index (χ0) is 56.4. The number of carbonyl (C=O) groups excluding carboxylic acids is 2. The first-order valence-corrected chi connectivity index (χ1v) is 29.0. The highest BCUT2D eigenvalue weighted by Crippen LogP contribution is 2.35. The van der Waals surface area contributed by atoms with Crippen LogP contribution in [0.15, 0.2) is 51.9 Å². The van der Waals surface area contributed by atoms with E-state index < -0.39 is 15.6 Å². The predicted octanol–water partition coefficient (Wildman–Crippen LogP) is 4.72. The predicted molar refractivity (Wildman–Crippen MR) is 297 cm³/mol. The molecule has 0 aromatic heterocycles. The molecule has 0 aliphatic carbocycles. The molecule has 21 nitrogen and oxygen atoms in total. The highest BCUT2D eigenvalue weighted by molar-refractivity contribution is 7.89. The maximum Gasteiger partial charge on any atom is 0.308 e. The average molecular weight is 1120 g/mol. The van der Waals surface area contributed by atoms with E-state index in [4.69, 9.17) is 57.8 Å². The normalized spacial score (nSPS) is 14.3. The Morgan fingerprint density at radius 2 is 1.12 bits per heavy atom. The minimum atomic E-state index is -3.87. The number of amides is 1. The molecule has 1 amide bonds. The van der Waals surface area contributed by atoms with Crippen molar-refractivity contribution in [2.24, 2.45) is 16.6 Å². The Kier molecular flexibility index (Phi) is 32.3. The minimum Gasteiger partial charge on any atom is -0.460 e. The Morgan fingerprint density at radius 1 is 0.667 bits per heavy atom. The summed E-state index contributed by atoms with van der Waals surface area (Å²) in [5, 5.41) is 9.65.